The molecule has 1 aliphatic carbocycles. The van der Waals surface area contributed by atoms with Gasteiger partial charge >= 0.3 is 6.03 Å². The molecule has 2 aliphatic rings. The van der Waals surface area contributed by atoms with E-state index < -0.39 is 0 Å². The molecule has 0 radical (unpaired) electrons. The van der Waals surface area contributed by atoms with Crippen LogP contribution in [0, 0.1) is 0 Å². The van der Waals surface area contributed by atoms with E-state index in [1.807, 2.05) is 23.1 Å². The Morgan fingerprint density at radius 1 is 1.25 bits per heavy atom. The summed E-state index contributed by atoms with van der Waals surface area (Å²) in [5.41, 5.74) is 3.67. The van der Waals surface area contributed by atoms with Crippen LogP contribution in [-0.2, 0) is 12.8 Å². The highest BCUT2D eigenvalue weighted by atomic mass is 16.5. The molecule has 0 spiro atoms. The van der Waals surface area contributed by atoms with E-state index in [-0.39, 0.29) is 12.1 Å². The standard InChI is InChI=1S/C19H21N3O2/c23-19(21-16-7-6-14-3-1-4-15(14)11-16)22-10-8-18(13-22)24-17-5-2-9-20-12-17/h2,5-7,9,11-12,18H,1,3-4,8,10,13H2,(H,21,23). The lowest BCUT2D eigenvalue weighted by Gasteiger charge is -2.18. The number of aryl methyl sites for hydroxylation is 2. The number of fused-ring (bicyclic) bond motifs is 1. The Hall–Kier alpha value is -2.56. The minimum absolute atomic E-state index is 0.0278. The third-order valence-electron chi connectivity index (χ3n) is 4.72. The number of hydrogen-bond donors (Lipinski definition) is 1. The maximum absolute atomic E-state index is 12.5. The molecule has 124 valence electrons. The van der Waals surface area contributed by atoms with Crippen LogP contribution in [0.5, 0.6) is 5.75 Å². The normalized spacial score (nSPS) is 19.2. The molecule has 1 fully saturated rings. The SMILES string of the molecule is O=C(Nc1ccc2c(c1)CCC2)N1CCC(Oc2cccnc2)C1. The molecule has 1 aromatic carbocycles. The van der Waals surface area contributed by atoms with Crippen LogP contribution in [0.2, 0.25) is 0 Å². The van der Waals surface area contributed by atoms with Crippen molar-refractivity contribution in [3.05, 3.63) is 53.9 Å². The summed E-state index contributed by atoms with van der Waals surface area (Å²) in [6.45, 7) is 1.31. The molecule has 0 bridgehead atoms. The maximum Gasteiger partial charge on any atom is 0.321 e. The van der Waals surface area contributed by atoms with Crippen molar-refractivity contribution in [3.63, 3.8) is 0 Å². The summed E-state index contributed by atoms with van der Waals surface area (Å²) in [5, 5.41) is 3.02. The van der Waals surface area contributed by atoms with Crippen LogP contribution in [0.1, 0.15) is 24.0 Å². The predicted octanol–water partition coefficient (Wildman–Crippen LogP) is 3.26. The Kier molecular flexibility index (Phi) is 4.07. The zero-order valence-electron chi connectivity index (χ0n) is 13.6. The van der Waals surface area contributed by atoms with Gasteiger partial charge < -0.3 is 15.0 Å². The van der Waals surface area contributed by atoms with E-state index in [2.05, 4.69) is 22.4 Å². The van der Waals surface area contributed by atoms with Crippen molar-refractivity contribution in [2.24, 2.45) is 0 Å². The van der Waals surface area contributed by atoms with Gasteiger partial charge in [0.2, 0.25) is 0 Å². The van der Waals surface area contributed by atoms with Crippen molar-refractivity contribution in [2.45, 2.75) is 31.8 Å². The van der Waals surface area contributed by atoms with Crippen LogP contribution < -0.4 is 10.1 Å². The number of rotatable bonds is 3. The van der Waals surface area contributed by atoms with Crippen LogP contribution in [0.15, 0.2) is 42.7 Å². The molecule has 24 heavy (non-hydrogen) atoms. The molecule has 0 saturated carbocycles. The number of ether oxygens (including phenoxy) is 1. The Morgan fingerprint density at radius 3 is 3.04 bits per heavy atom. The average Bonchev–Trinajstić information content (AvgIpc) is 3.24. The summed E-state index contributed by atoms with van der Waals surface area (Å²) in [4.78, 5) is 18.3. The van der Waals surface area contributed by atoms with Crippen molar-refractivity contribution in [3.8, 4) is 5.75 Å². The van der Waals surface area contributed by atoms with Crippen LogP contribution in [0.25, 0.3) is 0 Å². The second-order valence-electron chi connectivity index (χ2n) is 6.43. The summed E-state index contributed by atoms with van der Waals surface area (Å²) in [5.74, 6) is 0.753. The Morgan fingerprint density at radius 2 is 2.17 bits per heavy atom. The molecule has 1 atom stereocenters. The lowest BCUT2D eigenvalue weighted by atomic mass is 10.1. The van der Waals surface area contributed by atoms with Crippen LogP contribution >= 0.6 is 0 Å². The summed E-state index contributed by atoms with van der Waals surface area (Å²) in [6.07, 6.45) is 7.77. The van der Waals surface area contributed by atoms with Gasteiger partial charge in [-0.05, 0) is 54.7 Å². The summed E-state index contributed by atoms with van der Waals surface area (Å²) in [6, 6.07) is 9.94. The first-order chi connectivity index (χ1) is 11.8. The Labute approximate surface area is 141 Å². The average molecular weight is 323 g/mol. The number of anilines is 1. The lowest BCUT2D eigenvalue weighted by molar-refractivity contribution is 0.194. The van der Waals surface area contributed by atoms with Crippen molar-refractivity contribution < 1.29 is 9.53 Å². The monoisotopic (exact) mass is 323 g/mol. The van der Waals surface area contributed by atoms with Gasteiger partial charge in [0.25, 0.3) is 0 Å². The van der Waals surface area contributed by atoms with E-state index in [1.165, 1.54) is 17.5 Å². The fraction of sp³-hybridized carbons (Fsp3) is 0.368. The first kappa shape index (κ1) is 15.0. The lowest BCUT2D eigenvalue weighted by Crippen LogP contribution is -2.34. The second kappa shape index (κ2) is 6.51. The molecule has 1 aromatic heterocycles. The quantitative estimate of drug-likeness (QED) is 0.943. The highest BCUT2D eigenvalue weighted by molar-refractivity contribution is 5.89. The van der Waals surface area contributed by atoms with Crippen molar-refractivity contribution >= 4 is 11.7 Å². The first-order valence-electron chi connectivity index (χ1n) is 8.52. The van der Waals surface area contributed by atoms with Gasteiger partial charge in [0.1, 0.15) is 11.9 Å². The molecule has 2 heterocycles. The van der Waals surface area contributed by atoms with Gasteiger partial charge in [-0.1, -0.05) is 6.07 Å². The van der Waals surface area contributed by atoms with Crippen LogP contribution in [0.3, 0.4) is 0 Å². The smallest absolute Gasteiger partial charge is 0.321 e. The highest BCUT2D eigenvalue weighted by Gasteiger charge is 2.27. The molecule has 2 amide bonds. The summed E-state index contributed by atoms with van der Waals surface area (Å²) in [7, 11) is 0. The van der Waals surface area contributed by atoms with Crippen LogP contribution in [0.4, 0.5) is 10.5 Å². The molecule has 1 aliphatic heterocycles. The van der Waals surface area contributed by atoms with Crippen molar-refractivity contribution in [1.82, 2.24) is 9.88 Å². The number of pyridine rings is 1. The fourth-order valence-electron chi connectivity index (χ4n) is 3.47. The van der Waals surface area contributed by atoms with Crippen molar-refractivity contribution in [1.29, 1.82) is 0 Å². The predicted molar refractivity (Wildman–Crippen MR) is 92.3 cm³/mol. The largest absolute Gasteiger partial charge is 0.487 e. The molecule has 1 unspecified atom stereocenters. The van der Waals surface area contributed by atoms with Gasteiger partial charge in [0.05, 0.1) is 12.7 Å². The van der Waals surface area contributed by atoms with Gasteiger partial charge in [0, 0.05) is 24.8 Å². The Balaban J connectivity index is 1.34. The second-order valence-corrected chi connectivity index (χ2v) is 6.43. The number of hydrogen-bond acceptors (Lipinski definition) is 3. The molecule has 1 N–H and O–H groups in total. The van der Waals surface area contributed by atoms with Gasteiger partial charge in [-0.15, -0.1) is 0 Å². The van der Waals surface area contributed by atoms with Crippen LogP contribution in [-0.4, -0.2) is 35.1 Å². The highest BCUT2D eigenvalue weighted by Crippen LogP contribution is 2.25. The number of carbonyl (C=O) groups is 1. The Bertz CT molecular complexity index is 733. The number of benzene rings is 1. The van der Waals surface area contributed by atoms with E-state index >= 15 is 0 Å². The molecular weight excluding hydrogens is 302 g/mol. The van der Waals surface area contributed by atoms with Crippen molar-refractivity contribution in [2.75, 3.05) is 18.4 Å². The number of likely N-dealkylation sites (tertiary alicyclic amines) is 1. The number of carbonyl (C=O) groups excluding carboxylic acids is 1. The number of amides is 2. The number of nitrogens with one attached hydrogen (secondary N) is 1. The van der Waals surface area contributed by atoms with E-state index in [4.69, 9.17) is 4.74 Å². The summed E-state index contributed by atoms with van der Waals surface area (Å²) >= 11 is 0. The topological polar surface area (TPSA) is 54.5 Å². The maximum atomic E-state index is 12.5. The zero-order chi connectivity index (χ0) is 16.4. The molecule has 2 aromatic rings. The molecule has 1 saturated heterocycles. The van der Waals surface area contributed by atoms with Gasteiger partial charge in [-0.2, -0.15) is 0 Å². The van der Waals surface area contributed by atoms with Gasteiger partial charge in [-0.25, -0.2) is 4.79 Å². The number of aromatic nitrogens is 1. The zero-order valence-corrected chi connectivity index (χ0v) is 13.6. The van der Waals surface area contributed by atoms with E-state index in [0.717, 1.165) is 30.7 Å². The van der Waals surface area contributed by atoms with E-state index in [0.29, 0.717) is 13.1 Å². The fourth-order valence-corrected chi connectivity index (χ4v) is 3.47. The molecule has 5 nitrogen and oxygen atoms in total. The summed E-state index contributed by atoms with van der Waals surface area (Å²) < 4.78 is 5.88. The van der Waals surface area contributed by atoms with E-state index in [9.17, 15) is 4.79 Å². The molecule has 5 heteroatoms. The molecule has 4 rings (SSSR count). The number of nitrogens with zero attached hydrogens (tertiary/aromatic N) is 2. The van der Waals surface area contributed by atoms with Gasteiger partial charge in [0.15, 0.2) is 0 Å². The minimum atomic E-state index is -0.0507. The minimum Gasteiger partial charge on any atom is -0.487 e. The third kappa shape index (κ3) is 3.20. The first-order valence-corrected chi connectivity index (χ1v) is 8.52. The van der Waals surface area contributed by atoms with Gasteiger partial charge in [-0.3, -0.25) is 4.98 Å². The molecular formula is C19H21N3O2. The third-order valence-corrected chi connectivity index (χ3v) is 4.72. The number of urea groups is 1. The van der Waals surface area contributed by atoms with E-state index in [1.54, 1.807) is 12.4 Å².